The second kappa shape index (κ2) is 7.45. The zero-order chi connectivity index (χ0) is 12.6. The first-order valence-corrected chi connectivity index (χ1v) is 6.55. The third kappa shape index (κ3) is 4.36. The number of rotatable bonds is 8. The van der Waals surface area contributed by atoms with Crippen molar-refractivity contribution >= 4 is 0 Å². The lowest BCUT2D eigenvalue weighted by Gasteiger charge is -2.05. The van der Waals surface area contributed by atoms with E-state index in [0.717, 1.165) is 58.0 Å². The highest BCUT2D eigenvalue weighted by atomic mass is 16.5. The normalized spacial score (nSPS) is 19.5. The van der Waals surface area contributed by atoms with E-state index in [4.69, 9.17) is 9.47 Å². The molecule has 1 aliphatic heterocycles. The minimum absolute atomic E-state index is 0.592. The molecule has 1 saturated heterocycles. The number of nitrogens with one attached hydrogen (secondary N) is 1. The summed E-state index contributed by atoms with van der Waals surface area (Å²) in [7, 11) is 1.72. The predicted molar refractivity (Wildman–Crippen MR) is 67.1 cm³/mol. The lowest BCUT2D eigenvalue weighted by atomic mass is 10.1. The van der Waals surface area contributed by atoms with Crippen molar-refractivity contribution in [3.63, 3.8) is 0 Å². The van der Waals surface area contributed by atoms with E-state index < -0.39 is 0 Å². The smallest absolute Gasteiger partial charge is 0.0964 e. The molecule has 1 fully saturated rings. The predicted octanol–water partition coefficient (Wildman–Crippen LogP) is 0.441. The summed E-state index contributed by atoms with van der Waals surface area (Å²) in [6, 6.07) is 0. The van der Waals surface area contributed by atoms with Gasteiger partial charge in [-0.2, -0.15) is 0 Å². The SMILES string of the molecule is COCCCNCc1cn(C[C@H]2CCOC2)nn1. The van der Waals surface area contributed by atoms with Gasteiger partial charge in [0.05, 0.1) is 12.3 Å². The average Bonchev–Trinajstić information content (AvgIpc) is 3.02. The van der Waals surface area contributed by atoms with Crippen molar-refractivity contribution in [3.8, 4) is 0 Å². The van der Waals surface area contributed by atoms with Crippen LogP contribution in [-0.4, -0.2) is 48.5 Å². The van der Waals surface area contributed by atoms with Crippen molar-refractivity contribution in [1.82, 2.24) is 20.3 Å². The van der Waals surface area contributed by atoms with Gasteiger partial charge in [0.1, 0.15) is 0 Å². The summed E-state index contributed by atoms with van der Waals surface area (Å²) in [6.45, 7) is 5.15. The fourth-order valence-corrected chi connectivity index (χ4v) is 2.06. The number of hydrogen-bond donors (Lipinski definition) is 1. The van der Waals surface area contributed by atoms with Gasteiger partial charge in [-0.25, -0.2) is 0 Å². The number of ether oxygens (including phenoxy) is 2. The van der Waals surface area contributed by atoms with Gasteiger partial charge in [-0.15, -0.1) is 5.10 Å². The Morgan fingerprint density at radius 1 is 1.61 bits per heavy atom. The molecule has 1 aromatic heterocycles. The van der Waals surface area contributed by atoms with Crippen molar-refractivity contribution in [3.05, 3.63) is 11.9 Å². The molecule has 0 spiro atoms. The van der Waals surface area contributed by atoms with Crippen molar-refractivity contribution < 1.29 is 9.47 Å². The molecule has 6 nitrogen and oxygen atoms in total. The molecule has 102 valence electrons. The first-order chi connectivity index (χ1) is 8.88. The Balaban J connectivity index is 1.65. The molecule has 1 atom stereocenters. The number of methoxy groups -OCH3 is 1. The van der Waals surface area contributed by atoms with Crippen LogP contribution >= 0.6 is 0 Å². The molecule has 2 rings (SSSR count). The quantitative estimate of drug-likeness (QED) is 0.682. The van der Waals surface area contributed by atoms with Crippen LogP contribution in [0.2, 0.25) is 0 Å². The van der Waals surface area contributed by atoms with Crippen LogP contribution in [-0.2, 0) is 22.6 Å². The van der Waals surface area contributed by atoms with E-state index in [9.17, 15) is 0 Å². The van der Waals surface area contributed by atoms with E-state index in [1.165, 1.54) is 0 Å². The van der Waals surface area contributed by atoms with Gasteiger partial charge in [0.2, 0.25) is 0 Å². The van der Waals surface area contributed by atoms with E-state index in [1.807, 2.05) is 10.9 Å². The van der Waals surface area contributed by atoms with E-state index in [0.29, 0.717) is 5.92 Å². The fourth-order valence-electron chi connectivity index (χ4n) is 2.06. The maximum atomic E-state index is 5.35. The average molecular weight is 254 g/mol. The van der Waals surface area contributed by atoms with Gasteiger partial charge in [-0.3, -0.25) is 4.68 Å². The third-order valence-corrected chi connectivity index (χ3v) is 3.06. The maximum Gasteiger partial charge on any atom is 0.0964 e. The third-order valence-electron chi connectivity index (χ3n) is 3.06. The van der Waals surface area contributed by atoms with Crippen LogP contribution in [0.4, 0.5) is 0 Å². The Morgan fingerprint density at radius 2 is 2.56 bits per heavy atom. The van der Waals surface area contributed by atoms with Gasteiger partial charge in [-0.1, -0.05) is 5.21 Å². The van der Waals surface area contributed by atoms with E-state index in [-0.39, 0.29) is 0 Å². The molecule has 0 unspecified atom stereocenters. The topological polar surface area (TPSA) is 61.2 Å². The molecule has 0 aliphatic carbocycles. The van der Waals surface area contributed by atoms with Crippen molar-refractivity contribution in [2.75, 3.05) is 33.5 Å². The monoisotopic (exact) mass is 254 g/mol. The first kappa shape index (κ1) is 13.5. The van der Waals surface area contributed by atoms with Gasteiger partial charge < -0.3 is 14.8 Å². The number of nitrogens with zero attached hydrogens (tertiary/aromatic N) is 3. The molecule has 0 saturated carbocycles. The Bertz CT molecular complexity index is 337. The molecule has 0 bridgehead atoms. The Hall–Kier alpha value is -0.980. The molecule has 0 radical (unpaired) electrons. The fraction of sp³-hybridized carbons (Fsp3) is 0.833. The Morgan fingerprint density at radius 3 is 3.33 bits per heavy atom. The van der Waals surface area contributed by atoms with Crippen LogP contribution in [0, 0.1) is 5.92 Å². The lowest BCUT2D eigenvalue weighted by Crippen LogP contribution is -2.16. The second-order valence-corrected chi connectivity index (χ2v) is 4.68. The van der Waals surface area contributed by atoms with E-state index >= 15 is 0 Å². The van der Waals surface area contributed by atoms with Crippen molar-refractivity contribution in [2.45, 2.75) is 25.9 Å². The lowest BCUT2D eigenvalue weighted by molar-refractivity contribution is 0.181. The highest BCUT2D eigenvalue weighted by molar-refractivity contribution is 4.91. The van der Waals surface area contributed by atoms with E-state index in [1.54, 1.807) is 7.11 Å². The molecule has 1 aliphatic rings. The summed E-state index contributed by atoms with van der Waals surface area (Å²) in [5, 5.41) is 11.6. The molecule has 2 heterocycles. The Labute approximate surface area is 108 Å². The summed E-state index contributed by atoms with van der Waals surface area (Å²) < 4.78 is 12.3. The largest absolute Gasteiger partial charge is 0.385 e. The highest BCUT2D eigenvalue weighted by Crippen LogP contribution is 2.14. The zero-order valence-electron chi connectivity index (χ0n) is 11.0. The summed E-state index contributed by atoms with van der Waals surface area (Å²) in [6.07, 6.45) is 4.16. The summed E-state index contributed by atoms with van der Waals surface area (Å²) in [5.74, 6) is 0.592. The van der Waals surface area contributed by atoms with Gasteiger partial charge in [0.15, 0.2) is 0 Å². The van der Waals surface area contributed by atoms with Gasteiger partial charge in [0.25, 0.3) is 0 Å². The molecular weight excluding hydrogens is 232 g/mol. The highest BCUT2D eigenvalue weighted by Gasteiger charge is 2.16. The zero-order valence-corrected chi connectivity index (χ0v) is 11.0. The van der Waals surface area contributed by atoms with E-state index in [2.05, 4.69) is 15.6 Å². The second-order valence-electron chi connectivity index (χ2n) is 4.68. The van der Waals surface area contributed by atoms with Crippen LogP contribution in [0.5, 0.6) is 0 Å². The van der Waals surface area contributed by atoms with Gasteiger partial charge in [-0.05, 0) is 19.4 Å². The molecule has 1 N–H and O–H groups in total. The first-order valence-electron chi connectivity index (χ1n) is 6.55. The van der Waals surface area contributed by atoms with Crippen LogP contribution in [0.1, 0.15) is 18.5 Å². The Kier molecular flexibility index (Phi) is 5.57. The van der Waals surface area contributed by atoms with Crippen molar-refractivity contribution in [2.24, 2.45) is 5.92 Å². The summed E-state index contributed by atoms with van der Waals surface area (Å²) in [4.78, 5) is 0. The molecular formula is C12H22N4O2. The summed E-state index contributed by atoms with van der Waals surface area (Å²) in [5.41, 5.74) is 0.992. The van der Waals surface area contributed by atoms with Crippen LogP contribution < -0.4 is 5.32 Å². The minimum Gasteiger partial charge on any atom is -0.385 e. The molecule has 6 heteroatoms. The standard InChI is InChI=1S/C12H22N4O2/c1-17-5-2-4-13-7-12-9-16(15-14-12)8-11-3-6-18-10-11/h9,11,13H,2-8,10H2,1H3/t11-/m1/s1. The number of aromatic nitrogens is 3. The van der Waals surface area contributed by atoms with Gasteiger partial charge in [0, 0.05) is 45.5 Å². The van der Waals surface area contributed by atoms with Crippen LogP contribution in [0.15, 0.2) is 6.20 Å². The molecule has 1 aromatic rings. The van der Waals surface area contributed by atoms with Crippen LogP contribution in [0.3, 0.4) is 0 Å². The van der Waals surface area contributed by atoms with Crippen molar-refractivity contribution in [1.29, 1.82) is 0 Å². The maximum absolute atomic E-state index is 5.35. The van der Waals surface area contributed by atoms with Gasteiger partial charge >= 0.3 is 0 Å². The molecule has 0 amide bonds. The van der Waals surface area contributed by atoms with Crippen LogP contribution in [0.25, 0.3) is 0 Å². The minimum atomic E-state index is 0.592. The molecule has 18 heavy (non-hydrogen) atoms. The summed E-state index contributed by atoms with van der Waals surface area (Å²) >= 11 is 0. The molecule has 0 aromatic carbocycles. The number of hydrogen-bond acceptors (Lipinski definition) is 5.